The minimum absolute atomic E-state index is 0.0148. The Morgan fingerprint density at radius 3 is 1.97 bits per heavy atom. The molecule has 0 saturated carbocycles. The van der Waals surface area contributed by atoms with Gasteiger partial charge in [0.2, 0.25) is 0 Å². The lowest BCUT2D eigenvalue weighted by Crippen LogP contribution is -2.31. The third kappa shape index (κ3) is 7.62. The summed E-state index contributed by atoms with van der Waals surface area (Å²) >= 11 is 0. The van der Waals surface area contributed by atoms with Crippen LogP contribution in [-0.4, -0.2) is 61.7 Å². The van der Waals surface area contributed by atoms with Gasteiger partial charge >= 0.3 is 11.9 Å². The van der Waals surface area contributed by atoms with Crippen LogP contribution in [0.25, 0.3) is 0 Å². The molecule has 3 rings (SSSR count). The van der Waals surface area contributed by atoms with Gasteiger partial charge in [0, 0.05) is 0 Å². The molecule has 2 heterocycles. The van der Waals surface area contributed by atoms with Crippen molar-refractivity contribution in [3.05, 3.63) is 65.5 Å². The van der Waals surface area contributed by atoms with E-state index < -0.39 is 24.1 Å². The van der Waals surface area contributed by atoms with Crippen molar-refractivity contribution in [3.8, 4) is 0 Å². The van der Waals surface area contributed by atoms with Crippen molar-refractivity contribution in [1.82, 2.24) is 4.98 Å². The van der Waals surface area contributed by atoms with Crippen molar-refractivity contribution < 1.29 is 33.3 Å². The maximum Gasteiger partial charge on any atom is 0.357 e. The van der Waals surface area contributed by atoms with E-state index in [1.54, 1.807) is 13.0 Å². The Bertz CT molecular complexity index is 920. The maximum absolute atomic E-state index is 12.9. The summed E-state index contributed by atoms with van der Waals surface area (Å²) in [6, 6.07) is 13.9. The van der Waals surface area contributed by atoms with E-state index in [1.165, 1.54) is 12.1 Å². The van der Waals surface area contributed by atoms with E-state index in [0.29, 0.717) is 13.2 Å². The summed E-state index contributed by atoms with van der Waals surface area (Å²) in [5.41, 5.74) is 0.833. The molecule has 0 spiro atoms. The van der Waals surface area contributed by atoms with E-state index in [1.807, 2.05) is 44.2 Å². The molecular weight excluding hydrogens is 438 g/mol. The monoisotopic (exact) mass is 471 g/mol. The number of nitrogens with zero attached hydrogens (tertiary/aromatic N) is 1. The molecule has 8 nitrogen and oxygen atoms in total. The van der Waals surface area contributed by atoms with Crippen molar-refractivity contribution in [2.24, 2.45) is 0 Å². The summed E-state index contributed by atoms with van der Waals surface area (Å²) in [4.78, 5) is 29.6. The first kappa shape index (κ1) is 25.8. The Kier molecular flexibility index (Phi) is 10.00. The van der Waals surface area contributed by atoms with E-state index in [9.17, 15) is 9.59 Å². The Labute approximate surface area is 200 Å². The van der Waals surface area contributed by atoms with Crippen LogP contribution in [0, 0.1) is 0 Å². The molecule has 4 atom stereocenters. The van der Waals surface area contributed by atoms with Gasteiger partial charge in [-0.3, -0.25) is 0 Å². The van der Waals surface area contributed by atoms with Crippen LogP contribution >= 0.6 is 0 Å². The summed E-state index contributed by atoms with van der Waals surface area (Å²) < 4.78 is 29.0. The zero-order chi connectivity index (χ0) is 24.3. The Hall–Kier alpha value is -2.81. The number of benzene rings is 1. The van der Waals surface area contributed by atoms with Crippen LogP contribution in [0.2, 0.25) is 0 Å². The van der Waals surface area contributed by atoms with Gasteiger partial charge in [0.15, 0.2) is 6.10 Å². The van der Waals surface area contributed by atoms with Gasteiger partial charge in [-0.15, -0.1) is 0 Å². The highest BCUT2D eigenvalue weighted by molar-refractivity contribution is 5.91. The number of hydrogen-bond donors (Lipinski definition) is 0. The van der Waals surface area contributed by atoms with E-state index in [2.05, 4.69) is 4.98 Å². The highest BCUT2D eigenvalue weighted by Gasteiger charge is 2.23. The van der Waals surface area contributed by atoms with Crippen molar-refractivity contribution in [2.75, 3.05) is 26.4 Å². The molecular formula is C26H33NO7. The minimum atomic E-state index is -0.654. The smallest absolute Gasteiger partial charge is 0.357 e. The fourth-order valence-corrected chi connectivity index (χ4v) is 3.45. The van der Waals surface area contributed by atoms with Gasteiger partial charge in [0.1, 0.15) is 17.5 Å². The third-order valence-electron chi connectivity index (χ3n) is 5.42. The van der Waals surface area contributed by atoms with Crippen LogP contribution in [0.1, 0.15) is 66.3 Å². The number of rotatable bonds is 3. The van der Waals surface area contributed by atoms with Crippen molar-refractivity contribution in [1.29, 1.82) is 0 Å². The van der Waals surface area contributed by atoms with Gasteiger partial charge < -0.3 is 23.7 Å². The molecule has 0 fully saturated rings. The molecule has 1 aromatic heterocycles. The number of ether oxygens (including phenoxy) is 5. The lowest BCUT2D eigenvalue weighted by atomic mass is 10.1. The molecule has 184 valence electrons. The Morgan fingerprint density at radius 1 is 0.765 bits per heavy atom. The number of aromatic nitrogens is 1. The molecule has 0 aliphatic carbocycles. The van der Waals surface area contributed by atoms with E-state index in [4.69, 9.17) is 23.7 Å². The van der Waals surface area contributed by atoms with Crippen molar-refractivity contribution >= 4 is 11.9 Å². The number of hydrogen-bond acceptors (Lipinski definition) is 8. The first-order valence-corrected chi connectivity index (χ1v) is 11.7. The van der Waals surface area contributed by atoms with E-state index in [0.717, 1.165) is 18.4 Å². The molecule has 1 aliphatic heterocycles. The standard InChI is InChI=1S/C26H33NO7/c1-4-20-15-30-14-18(3)32-25(28)22-12-9-13-23(27-22)26(29)34-24(19-10-7-6-8-11-19)17-31-16-21(5-2)33-20/h6-13,18,20-21,24H,4-5,14-17H2,1-3H3/t18-,20?,21?,24+/m0/s1. The molecule has 0 amide bonds. The number of fused-ring (bicyclic) bond motifs is 2. The topological polar surface area (TPSA) is 93.2 Å². The second kappa shape index (κ2) is 13.2. The predicted octanol–water partition coefficient (Wildman–Crippen LogP) is 4.15. The minimum Gasteiger partial charge on any atom is -0.455 e. The second-order valence-corrected chi connectivity index (χ2v) is 8.20. The fourth-order valence-electron chi connectivity index (χ4n) is 3.45. The zero-order valence-electron chi connectivity index (χ0n) is 20.0. The van der Waals surface area contributed by atoms with E-state index >= 15 is 0 Å². The molecule has 34 heavy (non-hydrogen) atoms. The maximum atomic E-state index is 12.9. The zero-order valence-corrected chi connectivity index (χ0v) is 20.0. The lowest BCUT2D eigenvalue weighted by molar-refractivity contribution is -0.101. The van der Waals surface area contributed by atoms with Crippen LogP contribution in [0.4, 0.5) is 0 Å². The van der Waals surface area contributed by atoms with Gasteiger partial charge in [-0.05, 0) is 37.5 Å². The van der Waals surface area contributed by atoms with Gasteiger partial charge in [-0.25, -0.2) is 14.6 Å². The first-order chi connectivity index (χ1) is 16.5. The summed E-state index contributed by atoms with van der Waals surface area (Å²) in [6.07, 6.45) is 0.148. The van der Waals surface area contributed by atoms with Crippen LogP contribution in [0.15, 0.2) is 48.5 Å². The molecule has 2 unspecified atom stereocenters. The third-order valence-corrected chi connectivity index (χ3v) is 5.42. The van der Waals surface area contributed by atoms with Crippen LogP contribution in [0.3, 0.4) is 0 Å². The number of pyridine rings is 1. The molecule has 2 bridgehead atoms. The van der Waals surface area contributed by atoms with Crippen LogP contribution < -0.4 is 0 Å². The average molecular weight is 472 g/mol. The molecule has 1 aliphatic rings. The predicted molar refractivity (Wildman–Crippen MR) is 125 cm³/mol. The van der Waals surface area contributed by atoms with E-state index in [-0.39, 0.29) is 36.8 Å². The largest absolute Gasteiger partial charge is 0.455 e. The highest BCUT2D eigenvalue weighted by atomic mass is 16.6. The lowest BCUT2D eigenvalue weighted by Gasteiger charge is -2.25. The molecule has 2 aromatic rings. The summed E-state index contributed by atoms with van der Waals surface area (Å²) in [6.45, 7) is 6.91. The number of cyclic esters (lactones) is 2. The van der Waals surface area contributed by atoms with Crippen LogP contribution in [-0.2, 0) is 23.7 Å². The van der Waals surface area contributed by atoms with Gasteiger partial charge in [-0.2, -0.15) is 0 Å². The molecule has 8 heteroatoms. The second-order valence-electron chi connectivity index (χ2n) is 8.20. The SMILES string of the molecule is CCC1COC[C@H](C)OC(=O)c2cccc(n2)C(=O)O[C@@H](c2ccccc2)COCC(CC)O1. The first-order valence-electron chi connectivity index (χ1n) is 11.7. The summed E-state index contributed by atoms with van der Waals surface area (Å²) in [7, 11) is 0. The normalized spacial score (nSPS) is 25.5. The molecule has 0 saturated heterocycles. The van der Waals surface area contributed by atoms with Crippen LogP contribution in [0.5, 0.6) is 0 Å². The van der Waals surface area contributed by atoms with Gasteiger partial charge in [0.25, 0.3) is 0 Å². The Balaban J connectivity index is 1.84. The Morgan fingerprint density at radius 2 is 1.35 bits per heavy atom. The summed E-state index contributed by atoms with van der Waals surface area (Å²) in [5, 5.41) is 0. The number of carbonyl (C=O) groups is 2. The molecule has 0 radical (unpaired) electrons. The molecule has 1 aromatic carbocycles. The number of esters is 2. The molecule has 0 N–H and O–H groups in total. The van der Waals surface area contributed by atoms with Crippen molar-refractivity contribution in [2.45, 2.75) is 58.0 Å². The van der Waals surface area contributed by atoms with Gasteiger partial charge in [-0.1, -0.05) is 50.2 Å². The highest BCUT2D eigenvalue weighted by Crippen LogP contribution is 2.20. The average Bonchev–Trinajstić information content (AvgIpc) is 2.86. The summed E-state index contributed by atoms with van der Waals surface area (Å²) in [5.74, 6) is -1.29. The van der Waals surface area contributed by atoms with Gasteiger partial charge in [0.05, 0.1) is 38.6 Å². The van der Waals surface area contributed by atoms with Crippen molar-refractivity contribution in [3.63, 3.8) is 0 Å². The number of carbonyl (C=O) groups excluding carboxylic acids is 2. The quantitative estimate of drug-likeness (QED) is 0.617. The fraction of sp³-hybridized carbons (Fsp3) is 0.500.